The van der Waals surface area contributed by atoms with Gasteiger partial charge >= 0.3 is 12.6 Å². The number of hydrogen-bond donors (Lipinski definition) is 2. The van der Waals surface area contributed by atoms with Crippen LogP contribution in [0.2, 0.25) is 0 Å². The summed E-state index contributed by atoms with van der Waals surface area (Å²) in [6.45, 7) is 0.657. The molecule has 22 heavy (non-hydrogen) atoms. The van der Waals surface area contributed by atoms with Crippen LogP contribution >= 0.6 is 0 Å². The molecule has 2 amide bonds. The highest BCUT2D eigenvalue weighted by molar-refractivity contribution is 5.91. The largest absolute Gasteiger partial charge is 0.433 e. The van der Waals surface area contributed by atoms with Crippen molar-refractivity contribution in [2.45, 2.75) is 39.3 Å². The number of anilines is 1. The van der Waals surface area contributed by atoms with E-state index in [-0.39, 0.29) is 23.2 Å². The van der Waals surface area contributed by atoms with Crippen LogP contribution in [-0.2, 0) is 0 Å². The molecular formula is C13H17F2N3O4. The van der Waals surface area contributed by atoms with Crippen LogP contribution in [0.4, 0.5) is 25.0 Å². The average molecular weight is 317 g/mol. The molecule has 0 saturated carbocycles. The standard InChI is InChI=1S/C13H17F2N3O4/c1-3-8(4-2)16-13(19)17-10-7-9(18(20)21)5-6-11(10)22-12(14)15/h5-8,12H,3-4H2,1-2H3,(H2,16,17,19). The molecule has 122 valence electrons. The van der Waals surface area contributed by atoms with E-state index in [9.17, 15) is 23.7 Å². The Balaban J connectivity index is 2.95. The fourth-order valence-electron chi connectivity index (χ4n) is 1.76. The van der Waals surface area contributed by atoms with Crippen LogP contribution < -0.4 is 15.4 Å². The minimum absolute atomic E-state index is 0.0850. The summed E-state index contributed by atoms with van der Waals surface area (Å²) in [5, 5.41) is 15.7. The second kappa shape index (κ2) is 8.11. The molecule has 0 heterocycles. The van der Waals surface area contributed by atoms with Gasteiger partial charge in [0.1, 0.15) is 5.75 Å². The molecule has 9 heteroatoms. The fourth-order valence-corrected chi connectivity index (χ4v) is 1.76. The molecule has 0 aliphatic rings. The third-order valence-electron chi connectivity index (χ3n) is 2.96. The van der Waals surface area contributed by atoms with Gasteiger partial charge in [0.15, 0.2) is 0 Å². The quantitative estimate of drug-likeness (QED) is 0.594. The Bertz CT molecular complexity index is 536. The highest BCUT2D eigenvalue weighted by atomic mass is 19.3. The lowest BCUT2D eigenvalue weighted by molar-refractivity contribution is -0.384. The van der Waals surface area contributed by atoms with E-state index in [0.717, 1.165) is 18.2 Å². The van der Waals surface area contributed by atoms with Crippen molar-refractivity contribution in [3.63, 3.8) is 0 Å². The third-order valence-corrected chi connectivity index (χ3v) is 2.96. The summed E-state index contributed by atoms with van der Waals surface area (Å²) in [5.74, 6) is -0.347. The number of carbonyl (C=O) groups is 1. The smallest absolute Gasteiger partial charge is 0.387 e. The van der Waals surface area contributed by atoms with Gasteiger partial charge in [0.05, 0.1) is 10.6 Å². The molecule has 0 fully saturated rings. The number of alkyl halides is 2. The van der Waals surface area contributed by atoms with Gasteiger partial charge in [-0.15, -0.1) is 0 Å². The maximum Gasteiger partial charge on any atom is 0.387 e. The van der Waals surface area contributed by atoms with Gasteiger partial charge in [-0.05, 0) is 18.9 Å². The van der Waals surface area contributed by atoms with Crippen LogP contribution in [0.15, 0.2) is 18.2 Å². The maximum atomic E-state index is 12.3. The lowest BCUT2D eigenvalue weighted by Crippen LogP contribution is -2.37. The Morgan fingerprint density at radius 3 is 2.50 bits per heavy atom. The Morgan fingerprint density at radius 1 is 1.36 bits per heavy atom. The van der Waals surface area contributed by atoms with Crippen molar-refractivity contribution in [2.75, 3.05) is 5.32 Å². The second-order valence-electron chi connectivity index (χ2n) is 4.43. The molecule has 0 unspecified atom stereocenters. The first-order chi connectivity index (χ1) is 10.4. The first-order valence-corrected chi connectivity index (χ1v) is 6.68. The van der Waals surface area contributed by atoms with Gasteiger partial charge in [0.25, 0.3) is 5.69 Å². The number of benzene rings is 1. The van der Waals surface area contributed by atoms with E-state index >= 15 is 0 Å². The number of ether oxygens (including phenoxy) is 1. The number of rotatable bonds is 7. The molecule has 0 aliphatic heterocycles. The number of nitro benzene ring substituents is 1. The number of non-ortho nitro benzene ring substituents is 1. The SMILES string of the molecule is CCC(CC)NC(=O)Nc1cc([N+](=O)[O-])ccc1OC(F)F. The van der Waals surface area contributed by atoms with Crippen molar-refractivity contribution in [3.8, 4) is 5.75 Å². The number of amides is 2. The van der Waals surface area contributed by atoms with Crippen molar-refractivity contribution in [1.82, 2.24) is 5.32 Å². The van der Waals surface area contributed by atoms with Gasteiger partial charge in [0.2, 0.25) is 0 Å². The number of carbonyl (C=O) groups excluding carboxylic acids is 1. The number of nitro groups is 1. The van der Waals surface area contributed by atoms with Crippen molar-refractivity contribution in [3.05, 3.63) is 28.3 Å². The van der Waals surface area contributed by atoms with Gasteiger partial charge in [-0.3, -0.25) is 10.1 Å². The highest BCUT2D eigenvalue weighted by Crippen LogP contribution is 2.30. The number of urea groups is 1. The first kappa shape index (κ1) is 17.6. The summed E-state index contributed by atoms with van der Waals surface area (Å²) in [6.07, 6.45) is 1.39. The van der Waals surface area contributed by atoms with E-state index in [1.54, 1.807) is 0 Å². The Kier molecular flexibility index (Phi) is 6.48. The monoisotopic (exact) mass is 317 g/mol. The van der Waals surface area contributed by atoms with Gasteiger partial charge in [-0.25, -0.2) is 4.79 Å². The normalized spacial score (nSPS) is 10.6. The minimum atomic E-state index is -3.11. The van der Waals surface area contributed by atoms with Crippen LogP contribution in [0.25, 0.3) is 0 Å². The van der Waals surface area contributed by atoms with Gasteiger partial charge in [-0.2, -0.15) is 8.78 Å². The van der Waals surface area contributed by atoms with Crippen LogP contribution in [-0.4, -0.2) is 23.6 Å². The first-order valence-electron chi connectivity index (χ1n) is 6.68. The van der Waals surface area contributed by atoms with E-state index in [4.69, 9.17) is 0 Å². The molecule has 0 saturated heterocycles. The molecule has 1 aromatic rings. The van der Waals surface area contributed by atoms with E-state index in [0.29, 0.717) is 12.8 Å². The van der Waals surface area contributed by atoms with E-state index in [2.05, 4.69) is 15.4 Å². The highest BCUT2D eigenvalue weighted by Gasteiger charge is 2.17. The van der Waals surface area contributed by atoms with Crippen molar-refractivity contribution in [1.29, 1.82) is 0 Å². The molecule has 0 spiro atoms. The zero-order valence-electron chi connectivity index (χ0n) is 12.1. The zero-order chi connectivity index (χ0) is 16.7. The number of hydrogen-bond acceptors (Lipinski definition) is 4. The maximum absolute atomic E-state index is 12.3. The molecule has 7 nitrogen and oxygen atoms in total. The molecule has 0 aliphatic carbocycles. The average Bonchev–Trinajstić information content (AvgIpc) is 2.45. The van der Waals surface area contributed by atoms with Crippen LogP contribution in [0.5, 0.6) is 5.75 Å². The minimum Gasteiger partial charge on any atom is -0.433 e. The predicted molar refractivity (Wildman–Crippen MR) is 76.3 cm³/mol. The summed E-state index contributed by atoms with van der Waals surface area (Å²) in [7, 11) is 0. The number of nitrogens with one attached hydrogen (secondary N) is 2. The van der Waals surface area contributed by atoms with Crippen molar-refractivity contribution in [2.24, 2.45) is 0 Å². The molecular weight excluding hydrogens is 300 g/mol. The van der Waals surface area contributed by atoms with Gasteiger partial charge in [0, 0.05) is 18.2 Å². The summed E-state index contributed by atoms with van der Waals surface area (Å²) < 4.78 is 28.9. The summed E-state index contributed by atoms with van der Waals surface area (Å²) in [4.78, 5) is 21.9. The van der Waals surface area contributed by atoms with Crippen LogP contribution in [0, 0.1) is 10.1 Å². The molecule has 1 aromatic carbocycles. The summed E-state index contributed by atoms with van der Waals surface area (Å²) >= 11 is 0. The van der Waals surface area contributed by atoms with Crippen molar-refractivity contribution < 1.29 is 23.2 Å². The van der Waals surface area contributed by atoms with Crippen LogP contribution in [0.1, 0.15) is 26.7 Å². The summed E-state index contributed by atoms with van der Waals surface area (Å²) in [6, 6.07) is 2.26. The summed E-state index contributed by atoms with van der Waals surface area (Å²) in [5.41, 5.74) is -0.544. The fraction of sp³-hybridized carbons (Fsp3) is 0.462. The van der Waals surface area contributed by atoms with Crippen molar-refractivity contribution >= 4 is 17.4 Å². The predicted octanol–water partition coefficient (Wildman–Crippen LogP) is 3.51. The number of nitrogens with zero attached hydrogens (tertiary/aromatic N) is 1. The molecule has 0 atom stereocenters. The molecule has 0 bridgehead atoms. The second-order valence-corrected chi connectivity index (χ2v) is 4.43. The molecule has 0 radical (unpaired) electrons. The van der Waals surface area contributed by atoms with E-state index in [1.165, 1.54) is 0 Å². The molecule has 2 N–H and O–H groups in total. The van der Waals surface area contributed by atoms with Gasteiger partial charge < -0.3 is 15.4 Å². The zero-order valence-corrected chi connectivity index (χ0v) is 12.1. The van der Waals surface area contributed by atoms with Crippen LogP contribution in [0.3, 0.4) is 0 Å². The Morgan fingerprint density at radius 2 is 2.00 bits per heavy atom. The van der Waals surface area contributed by atoms with E-state index in [1.807, 2.05) is 13.8 Å². The lowest BCUT2D eigenvalue weighted by Gasteiger charge is -2.16. The third kappa shape index (κ3) is 5.15. The lowest BCUT2D eigenvalue weighted by atomic mass is 10.2. The topological polar surface area (TPSA) is 93.5 Å². The molecule has 0 aromatic heterocycles. The molecule has 1 rings (SSSR count). The Labute approximate surface area is 125 Å². The van der Waals surface area contributed by atoms with Gasteiger partial charge in [-0.1, -0.05) is 13.8 Å². The number of halogens is 2. The Hall–Kier alpha value is -2.45. The van der Waals surface area contributed by atoms with E-state index < -0.39 is 17.6 Å².